The molecular formula is C17H20N4O3. The van der Waals surface area contributed by atoms with Gasteiger partial charge in [0, 0.05) is 24.8 Å². The largest absolute Gasteiger partial charge is 0.495 e. The minimum atomic E-state index is -0.298. The minimum absolute atomic E-state index is 0.135. The Morgan fingerprint density at radius 2 is 2.17 bits per heavy atom. The lowest BCUT2D eigenvalue weighted by Gasteiger charge is -2.38. The van der Waals surface area contributed by atoms with Crippen molar-refractivity contribution < 1.29 is 14.6 Å². The maximum absolute atomic E-state index is 12.4. The molecule has 2 aromatic rings. The molecule has 126 valence electrons. The lowest BCUT2D eigenvalue weighted by Crippen LogP contribution is -2.42. The van der Waals surface area contributed by atoms with Crippen molar-refractivity contribution in [1.82, 2.24) is 20.3 Å². The van der Waals surface area contributed by atoms with E-state index in [4.69, 9.17) is 4.74 Å². The summed E-state index contributed by atoms with van der Waals surface area (Å²) in [5, 5.41) is 12.7. The average molecular weight is 328 g/mol. The third kappa shape index (κ3) is 3.86. The Bertz CT molecular complexity index is 689. The Morgan fingerprint density at radius 1 is 1.33 bits per heavy atom. The number of aromatic nitrogens is 3. The van der Waals surface area contributed by atoms with Gasteiger partial charge in [-0.15, -0.1) is 0 Å². The zero-order valence-electron chi connectivity index (χ0n) is 13.4. The number of pyridine rings is 1. The summed E-state index contributed by atoms with van der Waals surface area (Å²) in [4.78, 5) is 24.6. The minimum Gasteiger partial charge on any atom is -0.495 e. The highest BCUT2D eigenvalue weighted by Crippen LogP contribution is 2.38. The number of aliphatic hydroxyl groups is 1. The van der Waals surface area contributed by atoms with Gasteiger partial charge in [-0.3, -0.25) is 19.7 Å². The first-order chi connectivity index (χ1) is 11.7. The van der Waals surface area contributed by atoms with Crippen molar-refractivity contribution in [2.24, 2.45) is 5.92 Å². The first-order valence-electron chi connectivity index (χ1n) is 7.87. The van der Waals surface area contributed by atoms with E-state index in [1.54, 1.807) is 38.1 Å². The first kappa shape index (κ1) is 16.3. The number of carbonyl (C=O) groups is 1. The molecule has 0 aliphatic heterocycles. The molecule has 1 atom stereocenters. The number of aliphatic hydroxyl groups excluding tert-OH is 1. The van der Waals surface area contributed by atoms with Crippen LogP contribution in [0, 0.1) is 5.92 Å². The van der Waals surface area contributed by atoms with Crippen molar-refractivity contribution in [3.05, 3.63) is 48.3 Å². The van der Waals surface area contributed by atoms with Crippen LogP contribution in [0.3, 0.4) is 0 Å². The Hall–Kier alpha value is -2.54. The predicted molar refractivity (Wildman–Crippen MR) is 86.1 cm³/mol. The Balaban J connectivity index is 1.73. The molecule has 1 aliphatic rings. The van der Waals surface area contributed by atoms with Crippen molar-refractivity contribution in [2.45, 2.75) is 31.4 Å². The van der Waals surface area contributed by atoms with Crippen LogP contribution in [0.15, 0.2) is 37.1 Å². The molecule has 24 heavy (non-hydrogen) atoms. The van der Waals surface area contributed by atoms with E-state index >= 15 is 0 Å². The molecule has 1 aliphatic carbocycles. The highest BCUT2D eigenvalue weighted by atomic mass is 16.5. The van der Waals surface area contributed by atoms with Crippen LogP contribution in [0.25, 0.3) is 0 Å². The highest BCUT2D eigenvalue weighted by Gasteiger charge is 2.36. The number of methoxy groups -OCH3 is 1. The molecule has 2 heterocycles. The van der Waals surface area contributed by atoms with E-state index in [1.165, 1.54) is 0 Å². The van der Waals surface area contributed by atoms with Crippen LogP contribution in [-0.4, -0.2) is 39.2 Å². The molecule has 2 N–H and O–H groups in total. The van der Waals surface area contributed by atoms with Crippen molar-refractivity contribution in [1.29, 1.82) is 0 Å². The predicted octanol–water partition coefficient (Wildman–Crippen LogP) is 1.05. The third-order valence-corrected chi connectivity index (χ3v) is 4.22. The second kappa shape index (κ2) is 7.35. The molecular weight excluding hydrogens is 308 g/mol. The smallest absolute Gasteiger partial charge is 0.226 e. The van der Waals surface area contributed by atoms with Crippen LogP contribution in [0.2, 0.25) is 0 Å². The molecule has 7 heteroatoms. The van der Waals surface area contributed by atoms with E-state index in [0.29, 0.717) is 24.3 Å². The summed E-state index contributed by atoms with van der Waals surface area (Å²) in [5.74, 6) is 0.685. The standard InChI is InChI=1S/C17H20N4O3/c1-24-15-6-12(8-19-10-15)17(11-4-14(22)5-11)21-16(23)7-13-9-18-2-3-20-13/h2-3,6,8-11,14,17,22H,4-5,7H2,1H3,(H,21,23)/t11?,14?,17-/m1/s1. The van der Waals surface area contributed by atoms with E-state index in [2.05, 4.69) is 20.3 Å². The number of hydrogen-bond donors (Lipinski definition) is 2. The summed E-state index contributed by atoms with van der Waals surface area (Å²) >= 11 is 0. The van der Waals surface area contributed by atoms with Crippen LogP contribution >= 0.6 is 0 Å². The van der Waals surface area contributed by atoms with Gasteiger partial charge in [0.25, 0.3) is 0 Å². The fraction of sp³-hybridized carbons (Fsp3) is 0.412. The maximum Gasteiger partial charge on any atom is 0.226 e. The summed E-state index contributed by atoms with van der Waals surface area (Å²) in [6.07, 6.45) is 9.24. The van der Waals surface area contributed by atoms with Crippen molar-refractivity contribution >= 4 is 5.91 Å². The van der Waals surface area contributed by atoms with Crippen LogP contribution in [0.5, 0.6) is 5.75 Å². The van der Waals surface area contributed by atoms with Gasteiger partial charge in [-0.05, 0) is 30.4 Å². The van der Waals surface area contributed by atoms with Gasteiger partial charge in [0.2, 0.25) is 5.91 Å². The summed E-state index contributed by atoms with van der Waals surface area (Å²) < 4.78 is 5.22. The van der Waals surface area contributed by atoms with E-state index in [-0.39, 0.29) is 30.4 Å². The fourth-order valence-corrected chi connectivity index (χ4v) is 2.90. The molecule has 0 spiro atoms. The molecule has 0 radical (unpaired) electrons. The highest BCUT2D eigenvalue weighted by molar-refractivity contribution is 5.78. The van der Waals surface area contributed by atoms with Gasteiger partial charge in [-0.2, -0.15) is 0 Å². The van der Waals surface area contributed by atoms with Gasteiger partial charge in [-0.1, -0.05) is 0 Å². The molecule has 0 aromatic carbocycles. The number of nitrogens with zero attached hydrogens (tertiary/aromatic N) is 3. The van der Waals surface area contributed by atoms with Gasteiger partial charge < -0.3 is 15.2 Å². The summed E-state index contributed by atoms with van der Waals surface area (Å²) in [6.45, 7) is 0. The first-order valence-corrected chi connectivity index (χ1v) is 7.87. The summed E-state index contributed by atoms with van der Waals surface area (Å²) in [7, 11) is 1.58. The number of ether oxygens (including phenoxy) is 1. The van der Waals surface area contributed by atoms with Gasteiger partial charge >= 0.3 is 0 Å². The van der Waals surface area contributed by atoms with Crippen LogP contribution in [0.1, 0.15) is 30.1 Å². The molecule has 0 unspecified atom stereocenters. The SMILES string of the molecule is COc1cncc([C@H](NC(=O)Cc2cnccn2)C2CC(O)C2)c1. The van der Waals surface area contributed by atoms with Crippen LogP contribution in [0.4, 0.5) is 0 Å². The van der Waals surface area contributed by atoms with Crippen LogP contribution in [-0.2, 0) is 11.2 Å². The van der Waals surface area contributed by atoms with Crippen molar-refractivity contribution in [3.63, 3.8) is 0 Å². The molecule has 1 saturated carbocycles. The summed E-state index contributed by atoms with van der Waals surface area (Å²) in [5.41, 5.74) is 1.49. The Labute approximate surface area is 140 Å². The quantitative estimate of drug-likeness (QED) is 0.823. The number of hydrogen-bond acceptors (Lipinski definition) is 6. The van der Waals surface area contributed by atoms with Gasteiger partial charge in [0.15, 0.2) is 0 Å². The lowest BCUT2D eigenvalue weighted by atomic mass is 9.75. The number of rotatable bonds is 6. The summed E-state index contributed by atoms with van der Waals surface area (Å²) in [6, 6.07) is 1.66. The van der Waals surface area contributed by atoms with Gasteiger partial charge in [0.05, 0.1) is 37.6 Å². The number of amides is 1. The Kier molecular flexibility index (Phi) is 5.00. The normalized spacial score (nSPS) is 20.8. The Morgan fingerprint density at radius 3 is 2.83 bits per heavy atom. The average Bonchev–Trinajstić information content (AvgIpc) is 2.58. The molecule has 1 fully saturated rings. The molecule has 3 rings (SSSR count). The number of nitrogens with one attached hydrogen (secondary N) is 1. The second-order valence-corrected chi connectivity index (χ2v) is 5.96. The van der Waals surface area contributed by atoms with Gasteiger partial charge in [0.1, 0.15) is 5.75 Å². The van der Waals surface area contributed by atoms with E-state index in [0.717, 1.165) is 5.56 Å². The fourth-order valence-electron chi connectivity index (χ4n) is 2.90. The zero-order chi connectivity index (χ0) is 16.9. The lowest BCUT2D eigenvalue weighted by molar-refractivity contribution is -0.122. The topological polar surface area (TPSA) is 97.2 Å². The van der Waals surface area contributed by atoms with E-state index in [9.17, 15) is 9.90 Å². The van der Waals surface area contributed by atoms with E-state index < -0.39 is 0 Å². The van der Waals surface area contributed by atoms with Gasteiger partial charge in [-0.25, -0.2) is 0 Å². The third-order valence-electron chi connectivity index (χ3n) is 4.22. The zero-order valence-corrected chi connectivity index (χ0v) is 13.4. The van der Waals surface area contributed by atoms with E-state index in [1.807, 2.05) is 6.07 Å². The molecule has 0 saturated heterocycles. The van der Waals surface area contributed by atoms with Crippen molar-refractivity contribution in [2.75, 3.05) is 7.11 Å². The molecule has 1 amide bonds. The second-order valence-electron chi connectivity index (χ2n) is 5.96. The van der Waals surface area contributed by atoms with Crippen molar-refractivity contribution in [3.8, 4) is 5.75 Å². The number of carbonyl (C=O) groups excluding carboxylic acids is 1. The molecule has 7 nitrogen and oxygen atoms in total. The van der Waals surface area contributed by atoms with Crippen LogP contribution < -0.4 is 10.1 Å². The molecule has 0 bridgehead atoms. The maximum atomic E-state index is 12.4. The monoisotopic (exact) mass is 328 g/mol. The molecule has 2 aromatic heterocycles.